The van der Waals surface area contributed by atoms with Gasteiger partial charge in [0.05, 0.1) is 30.6 Å². The number of nitrogens with one attached hydrogen (secondary N) is 3. The molecule has 6 atom stereocenters. The number of hydrogen-bond acceptors (Lipinski definition) is 12. The highest BCUT2D eigenvalue weighted by molar-refractivity contribution is 7.91. The van der Waals surface area contributed by atoms with E-state index >= 15 is 0 Å². The summed E-state index contributed by atoms with van der Waals surface area (Å²) in [6.45, 7) is 6.40. The summed E-state index contributed by atoms with van der Waals surface area (Å²) in [6, 6.07) is -1.38. The molecular weight excluding hydrogens is 776 g/mol. The van der Waals surface area contributed by atoms with Crippen LogP contribution in [0.4, 0.5) is 18.0 Å². The van der Waals surface area contributed by atoms with E-state index in [1.165, 1.54) is 13.2 Å². The van der Waals surface area contributed by atoms with Gasteiger partial charge in [-0.3, -0.25) is 19.1 Å². The average Bonchev–Trinajstić information content (AvgIpc) is 4.05. The first-order valence-corrected chi connectivity index (χ1v) is 20.6. The Hall–Kier alpha value is -4.75. The summed E-state index contributed by atoms with van der Waals surface area (Å²) in [4.78, 5) is 68.9. The van der Waals surface area contributed by atoms with Crippen molar-refractivity contribution in [1.29, 1.82) is 0 Å². The molecule has 2 aromatic heterocycles. The van der Waals surface area contributed by atoms with Crippen molar-refractivity contribution in [3.8, 4) is 11.8 Å². The molecule has 4 heterocycles. The molecule has 6 rings (SSSR count). The molecular formula is C37H48F3N7O9S. The van der Waals surface area contributed by atoms with Crippen LogP contribution in [-0.4, -0.2) is 100 Å². The number of aromatic nitrogens is 3. The molecule has 2 saturated carbocycles. The Kier molecular flexibility index (Phi) is 11.7. The molecule has 312 valence electrons. The number of carbonyl (C=O) groups excluding carboxylic acids is 4. The van der Waals surface area contributed by atoms with Crippen molar-refractivity contribution in [3.63, 3.8) is 0 Å². The van der Waals surface area contributed by atoms with Crippen LogP contribution in [0.15, 0.2) is 24.4 Å². The summed E-state index contributed by atoms with van der Waals surface area (Å²) in [5.41, 5.74) is -4.27. The number of fused-ring (bicyclic) bond motifs is 3. The van der Waals surface area contributed by atoms with Gasteiger partial charge >= 0.3 is 12.3 Å². The number of rotatable bonds is 8. The molecule has 2 aliphatic carbocycles. The van der Waals surface area contributed by atoms with Crippen LogP contribution in [0.5, 0.6) is 11.8 Å². The number of carbonyl (C=O) groups is 4. The maximum absolute atomic E-state index is 14.7. The Morgan fingerprint density at radius 2 is 1.82 bits per heavy atom. The Morgan fingerprint density at radius 3 is 2.47 bits per heavy atom. The molecule has 0 bridgehead atoms. The van der Waals surface area contributed by atoms with Gasteiger partial charge in [0.2, 0.25) is 39.3 Å². The number of nitrogens with zero attached hydrogens (tertiary/aromatic N) is 4. The van der Waals surface area contributed by atoms with Gasteiger partial charge in [0, 0.05) is 18.4 Å². The van der Waals surface area contributed by atoms with E-state index in [0.29, 0.717) is 44.9 Å². The number of halogens is 3. The number of amides is 4. The van der Waals surface area contributed by atoms with Crippen LogP contribution in [0.2, 0.25) is 0 Å². The normalized spacial score (nSPS) is 27.9. The molecule has 4 amide bonds. The van der Waals surface area contributed by atoms with Crippen molar-refractivity contribution in [1.82, 2.24) is 35.2 Å². The monoisotopic (exact) mass is 823 g/mol. The van der Waals surface area contributed by atoms with Gasteiger partial charge in [-0.05, 0) is 65.2 Å². The molecule has 3 fully saturated rings. The van der Waals surface area contributed by atoms with E-state index in [0.717, 1.165) is 11.1 Å². The lowest BCUT2D eigenvalue weighted by Crippen LogP contribution is -2.59. The van der Waals surface area contributed by atoms with Crippen molar-refractivity contribution in [2.75, 3.05) is 13.7 Å². The molecule has 2 aliphatic heterocycles. The Balaban J connectivity index is 1.38. The Bertz CT molecular complexity index is 2040. The molecule has 16 nitrogen and oxygen atoms in total. The third kappa shape index (κ3) is 9.52. The molecule has 0 spiro atoms. The SMILES string of the molecule is CC[C@@H]1CCCC/C=C\[C@@H]2C[C@@]2(C(=O)NS(=O)(=O)C2CC2)NC(=O)[C@@H]2C[C@@H](Oc3nc4cc(OC)ncc4nc3C(F)(F)F)CN2C(=O)[C@H]1NC(=O)OC(C)(C)C. The smallest absolute Gasteiger partial charge is 0.438 e. The van der Waals surface area contributed by atoms with Crippen molar-refractivity contribution in [2.45, 2.75) is 126 Å². The van der Waals surface area contributed by atoms with E-state index in [9.17, 15) is 40.8 Å². The Morgan fingerprint density at radius 1 is 1.09 bits per heavy atom. The van der Waals surface area contributed by atoms with E-state index < -0.39 is 105 Å². The van der Waals surface area contributed by atoms with Gasteiger partial charge < -0.3 is 29.7 Å². The molecule has 4 aliphatic rings. The largest absolute Gasteiger partial charge is 0.481 e. The molecule has 20 heteroatoms. The zero-order valence-corrected chi connectivity index (χ0v) is 33.2. The third-order valence-electron chi connectivity index (χ3n) is 10.6. The molecule has 57 heavy (non-hydrogen) atoms. The van der Waals surface area contributed by atoms with Gasteiger partial charge in [-0.25, -0.2) is 28.2 Å². The number of pyridine rings is 1. The summed E-state index contributed by atoms with van der Waals surface area (Å²) >= 11 is 0. The molecule has 3 N–H and O–H groups in total. The highest BCUT2D eigenvalue weighted by atomic mass is 32.2. The predicted molar refractivity (Wildman–Crippen MR) is 197 cm³/mol. The summed E-state index contributed by atoms with van der Waals surface area (Å²) in [6.07, 6.45) is 0.889. The first-order valence-electron chi connectivity index (χ1n) is 19.0. The van der Waals surface area contributed by atoms with Crippen LogP contribution >= 0.6 is 0 Å². The van der Waals surface area contributed by atoms with E-state index in [1.807, 2.05) is 13.0 Å². The predicted octanol–water partition coefficient (Wildman–Crippen LogP) is 3.93. The van der Waals surface area contributed by atoms with E-state index in [1.54, 1.807) is 26.8 Å². The van der Waals surface area contributed by atoms with Gasteiger partial charge in [-0.1, -0.05) is 31.9 Å². The second-order valence-corrected chi connectivity index (χ2v) is 18.0. The average molecular weight is 824 g/mol. The molecule has 0 aromatic carbocycles. The van der Waals surface area contributed by atoms with Crippen LogP contribution in [0.25, 0.3) is 11.0 Å². The minimum atomic E-state index is -5.03. The van der Waals surface area contributed by atoms with E-state index in [-0.39, 0.29) is 29.8 Å². The molecule has 0 unspecified atom stereocenters. The number of alkyl halides is 3. The van der Waals surface area contributed by atoms with Crippen LogP contribution in [0.1, 0.15) is 91.2 Å². The standard InChI is InChI=1S/C37H48F3N7O9S/c1-6-20-11-9-7-8-10-12-21-17-36(21,33(50)46-57(52,53)23-13-14-23)45-30(48)26-15-22(19-47(26)32(49)28(20)44-34(51)56-35(2,3)4)55-31-29(37(38,39)40)42-25-18-41-27(54-5)16-24(25)43-31/h10,12,16,18,20-23,26,28H,6-9,11,13-15,17,19H2,1-5H3,(H,44,51)(H,45,48)(H,46,50)/b12-10-/t20-,21-,22-,26+,28+,36-/m1/s1. The number of alkyl carbamates (subject to hydrolysis) is 1. The number of methoxy groups -OCH3 is 1. The van der Waals surface area contributed by atoms with Gasteiger partial charge in [-0.2, -0.15) is 13.2 Å². The number of allylic oxidation sites excluding steroid dienone is 1. The lowest BCUT2D eigenvalue weighted by atomic mass is 9.89. The second kappa shape index (κ2) is 15.9. The van der Waals surface area contributed by atoms with Crippen LogP contribution in [0, 0.1) is 11.8 Å². The van der Waals surface area contributed by atoms with Crippen molar-refractivity contribution in [3.05, 3.63) is 30.1 Å². The lowest BCUT2D eigenvalue weighted by Gasteiger charge is -2.33. The minimum Gasteiger partial charge on any atom is -0.481 e. The summed E-state index contributed by atoms with van der Waals surface area (Å²) in [5.74, 6) is -4.36. The number of sulfonamides is 1. The zero-order chi connectivity index (χ0) is 41.5. The molecule has 0 radical (unpaired) electrons. The van der Waals surface area contributed by atoms with Crippen LogP contribution in [0.3, 0.4) is 0 Å². The summed E-state index contributed by atoms with van der Waals surface area (Å²) < 4.78 is 87.5. The van der Waals surface area contributed by atoms with Gasteiger partial charge in [0.1, 0.15) is 34.8 Å². The lowest BCUT2D eigenvalue weighted by molar-refractivity contribution is -0.143. The highest BCUT2D eigenvalue weighted by Crippen LogP contribution is 2.46. The first kappa shape index (κ1) is 41.9. The van der Waals surface area contributed by atoms with Crippen LogP contribution < -0.4 is 24.8 Å². The van der Waals surface area contributed by atoms with E-state index in [2.05, 4.69) is 30.3 Å². The zero-order valence-electron chi connectivity index (χ0n) is 32.3. The first-order chi connectivity index (χ1) is 26.7. The fraction of sp³-hybridized carbons (Fsp3) is 0.649. The van der Waals surface area contributed by atoms with Gasteiger partial charge in [0.15, 0.2) is 0 Å². The Labute approximate surface area is 328 Å². The third-order valence-corrected chi connectivity index (χ3v) is 12.4. The minimum absolute atomic E-state index is 0.0270. The molecule has 1 saturated heterocycles. The quantitative estimate of drug-likeness (QED) is 0.324. The topological polar surface area (TPSA) is 208 Å². The second-order valence-electron chi connectivity index (χ2n) is 16.0. The maximum atomic E-state index is 14.7. The summed E-state index contributed by atoms with van der Waals surface area (Å²) in [5, 5.41) is 4.70. The van der Waals surface area contributed by atoms with Crippen molar-refractivity contribution in [2.24, 2.45) is 11.8 Å². The van der Waals surface area contributed by atoms with Gasteiger partial charge in [-0.15, -0.1) is 0 Å². The van der Waals surface area contributed by atoms with Crippen LogP contribution in [-0.2, 0) is 35.3 Å². The van der Waals surface area contributed by atoms with Gasteiger partial charge in [0.25, 0.3) is 5.91 Å². The summed E-state index contributed by atoms with van der Waals surface area (Å²) in [7, 11) is -2.69. The van der Waals surface area contributed by atoms with E-state index in [4.69, 9.17) is 14.2 Å². The number of ether oxygens (including phenoxy) is 3. The molecule has 2 aromatic rings. The van der Waals surface area contributed by atoms with Crippen molar-refractivity contribution >= 4 is 44.9 Å². The van der Waals surface area contributed by atoms with Crippen molar-refractivity contribution < 1.29 is 55.0 Å². The fourth-order valence-electron chi connectivity index (χ4n) is 7.33. The maximum Gasteiger partial charge on any atom is 0.438 e. The fourth-order valence-corrected chi connectivity index (χ4v) is 8.70. The number of hydrogen-bond donors (Lipinski definition) is 3. The highest BCUT2D eigenvalue weighted by Gasteiger charge is 2.62.